The Bertz CT molecular complexity index is 184. The van der Waals surface area contributed by atoms with E-state index in [1.54, 1.807) is 0 Å². The number of hydrogen-bond acceptors (Lipinski definition) is 4. The first-order valence-corrected chi connectivity index (χ1v) is 5.37. The lowest BCUT2D eigenvalue weighted by molar-refractivity contribution is 0.322. The molecule has 0 aliphatic carbocycles. The van der Waals surface area contributed by atoms with Gasteiger partial charge >= 0.3 is 0 Å². The van der Waals surface area contributed by atoms with Crippen molar-refractivity contribution in [2.45, 2.75) is 4.58 Å². The van der Waals surface area contributed by atoms with Gasteiger partial charge in [-0.25, -0.2) is 8.42 Å². The molecule has 1 rings (SSSR count). The molecule has 0 bridgehead atoms. The third-order valence-electron chi connectivity index (χ3n) is 1.05. The number of rotatable bonds is 3. The van der Waals surface area contributed by atoms with E-state index in [0.29, 0.717) is 11.5 Å². The molecule has 1 heterocycles. The minimum absolute atomic E-state index is 0.0662. The van der Waals surface area contributed by atoms with E-state index in [4.69, 9.17) is 5.11 Å². The molecule has 0 saturated carbocycles. The minimum Gasteiger partial charge on any atom is -0.396 e. The Labute approximate surface area is 58.4 Å². The molecule has 1 N–H and O–H groups in total. The summed E-state index contributed by atoms with van der Waals surface area (Å²) >= 11 is 1.31. The van der Waals surface area contributed by atoms with Crippen molar-refractivity contribution in [1.29, 1.82) is 0 Å². The molecule has 1 aliphatic rings. The van der Waals surface area contributed by atoms with E-state index in [2.05, 4.69) is 0 Å². The summed E-state index contributed by atoms with van der Waals surface area (Å²) in [6, 6.07) is 0. The van der Waals surface area contributed by atoms with E-state index < -0.39 is 9.84 Å². The molecule has 0 aromatic carbocycles. The maximum absolute atomic E-state index is 10.5. The summed E-state index contributed by atoms with van der Waals surface area (Å²) in [4.78, 5) is 0. The Morgan fingerprint density at radius 3 is 2.56 bits per heavy atom. The fourth-order valence-corrected chi connectivity index (χ4v) is 3.56. The highest BCUT2D eigenvalue weighted by atomic mass is 32.3. The van der Waals surface area contributed by atoms with Crippen LogP contribution in [0.2, 0.25) is 0 Å². The van der Waals surface area contributed by atoms with Gasteiger partial charge in [0, 0.05) is 5.75 Å². The zero-order chi connectivity index (χ0) is 6.91. The van der Waals surface area contributed by atoms with Gasteiger partial charge in [0.15, 0.2) is 9.84 Å². The van der Waals surface area contributed by atoms with Gasteiger partial charge in [0.05, 0.1) is 12.4 Å². The third-order valence-corrected chi connectivity index (χ3v) is 4.84. The largest absolute Gasteiger partial charge is 0.396 e. The van der Waals surface area contributed by atoms with Gasteiger partial charge in [-0.05, 0) is 0 Å². The Morgan fingerprint density at radius 1 is 1.67 bits per heavy atom. The first-order chi connectivity index (χ1) is 4.17. The quantitative estimate of drug-likeness (QED) is 0.575. The highest BCUT2D eigenvalue weighted by Crippen LogP contribution is 2.32. The van der Waals surface area contributed by atoms with Crippen molar-refractivity contribution < 1.29 is 13.5 Å². The van der Waals surface area contributed by atoms with Gasteiger partial charge in [0.2, 0.25) is 0 Å². The minimum atomic E-state index is -2.68. The van der Waals surface area contributed by atoms with Gasteiger partial charge in [-0.15, -0.1) is 11.8 Å². The Morgan fingerprint density at radius 2 is 2.22 bits per heavy atom. The summed E-state index contributed by atoms with van der Waals surface area (Å²) in [6.07, 6.45) is 0. The second-order valence-electron chi connectivity index (χ2n) is 1.85. The average Bonchev–Trinajstić information content (AvgIpc) is 2.35. The molecule has 0 radical (unpaired) electrons. The smallest absolute Gasteiger partial charge is 0.165 e. The van der Waals surface area contributed by atoms with Crippen molar-refractivity contribution in [3.8, 4) is 0 Å². The van der Waals surface area contributed by atoms with Crippen LogP contribution >= 0.6 is 11.8 Å². The van der Waals surface area contributed by atoms with Gasteiger partial charge in [-0.3, -0.25) is 0 Å². The fourth-order valence-electron chi connectivity index (χ4n) is 0.486. The van der Waals surface area contributed by atoms with Crippen molar-refractivity contribution >= 4 is 21.6 Å². The van der Waals surface area contributed by atoms with Gasteiger partial charge in [-0.1, -0.05) is 0 Å². The van der Waals surface area contributed by atoms with Crippen LogP contribution in [0.4, 0.5) is 0 Å². The molecular formula is C4H8O3S2. The zero-order valence-electron chi connectivity index (χ0n) is 4.78. The van der Waals surface area contributed by atoms with Crippen LogP contribution in [0.15, 0.2) is 0 Å². The number of thioether (sulfide) groups is 1. The predicted octanol–water partition coefficient (Wildman–Crippen LogP) is -0.534. The molecule has 1 unspecified atom stereocenters. The van der Waals surface area contributed by atoms with Gasteiger partial charge < -0.3 is 5.11 Å². The number of hydrogen-bond donors (Lipinski definition) is 1. The van der Waals surface area contributed by atoms with Crippen LogP contribution in [0.3, 0.4) is 0 Å². The molecular weight excluding hydrogens is 160 g/mol. The van der Waals surface area contributed by atoms with Crippen LogP contribution in [0.25, 0.3) is 0 Å². The molecule has 1 aliphatic heterocycles. The molecule has 1 saturated heterocycles. The summed E-state index contributed by atoms with van der Waals surface area (Å²) in [5.74, 6) is 0.835. The number of aliphatic hydroxyl groups excluding tert-OH is 1. The molecule has 5 heteroatoms. The van der Waals surface area contributed by atoms with Crippen LogP contribution < -0.4 is 0 Å². The average molecular weight is 168 g/mol. The molecule has 1 fully saturated rings. The second-order valence-corrected chi connectivity index (χ2v) is 5.69. The second kappa shape index (κ2) is 2.48. The Hall–Kier alpha value is 0.260. The lowest BCUT2D eigenvalue weighted by Crippen LogP contribution is -1.89. The highest BCUT2D eigenvalue weighted by Gasteiger charge is 2.43. The van der Waals surface area contributed by atoms with Crippen molar-refractivity contribution in [3.05, 3.63) is 0 Å². The topological polar surface area (TPSA) is 54.4 Å². The van der Waals surface area contributed by atoms with E-state index in [1.807, 2.05) is 0 Å². The molecule has 0 aromatic heterocycles. The molecule has 0 aromatic rings. The van der Waals surface area contributed by atoms with Crippen molar-refractivity contribution in [1.82, 2.24) is 0 Å². The maximum Gasteiger partial charge on any atom is 0.165 e. The van der Waals surface area contributed by atoms with E-state index in [-0.39, 0.29) is 11.2 Å². The van der Waals surface area contributed by atoms with Gasteiger partial charge in [-0.2, -0.15) is 0 Å². The molecule has 1 atom stereocenters. The van der Waals surface area contributed by atoms with E-state index in [0.717, 1.165) is 0 Å². The summed E-state index contributed by atoms with van der Waals surface area (Å²) in [5.41, 5.74) is 0. The molecule has 54 valence electrons. The zero-order valence-corrected chi connectivity index (χ0v) is 6.41. The fraction of sp³-hybridized carbons (Fsp3) is 1.00. The summed E-state index contributed by atoms with van der Waals surface area (Å²) in [5, 5.41) is 8.30. The molecule has 0 spiro atoms. The predicted molar refractivity (Wildman–Crippen MR) is 37.1 cm³/mol. The van der Waals surface area contributed by atoms with Gasteiger partial charge in [0.25, 0.3) is 0 Å². The maximum atomic E-state index is 10.5. The monoisotopic (exact) mass is 168 g/mol. The molecule has 3 nitrogen and oxygen atoms in total. The molecule has 0 amide bonds. The lowest BCUT2D eigenvalue weighted by Gasteiger charge is -1.87. The van der Waals surface area contributed by atoms with Crippen molar-refractivity contribution in [2.24, 2.45) is 0 Å². The van der Waals surface area contributed by atoms with E-state index in [9.17, 15) is 8.42 Å². The standard InChI is InChI=1S/C4H8O3S2/c5-1-2-8-4-3-9(4,6)7/h4-5H,1-3H2. The van der Waals surface area contributed by atoms with Crippen LogP contribution in [0.5, 0.6) is 0 Å². The van der Waals surface area contributed by atoms with Crippen LogP contribution in [-0.4, -0.2) is 36.2 Å². The SMILES string of the molecule is O=S1(=O)CC1SCCO. The summed E-state index contributed by atoms with van der Waals surface area (Å²) in [6.45, 7) is 0.0662. The summed E-state index contributed by atoms with van der Waals surface area (Å²) < 4.78 is 20.8. The first kappa shape index (κ1) is 7.37. The lowest BCUT2D eigenvalue weighted by atomic mass is 10.9. The van der Waals surface area contributed by atoms with Crippen molar-refractivity contribution in [2.75, 3.05) is 18.1 Å². The number of sulfone groups is 1. The van der Waals surface area contributed by atoms with Crippen LogP contribution in [0, 0.1) is 0 Å². The third kappa shape index (κ3) is 1.84. The highest BCUT2D eigenvalue weighted by molar-refractivity contribution is 8.19. The van der Waals surface area contributed by atoms with E-state index >= 15 is 0 Å². The van der Waals surface area contributed by atoms with Gasteiger partial charge in [0.1, 0.15) is 4.58 Å². The number of aliphatic hydroxyl groups is 1. The van der Waals surface area contributed by atoms with Crippen LogP contribution in [-0.2, 0) is 9.84 Å². The van der Waals surface area contributed by atoms with Crippen molar-refractivity contribution in [3.63, 3.8) is 0 Å². The Balaban J connectivity index is 2.21. The normalized spacial score (nSPS) is 30.1. The van der Waals surface area contributed by atoms with E-state index in [1.165, 1.54) is 11.8 Å². The van der Waals surface area contributed by atoms with Crippen LogP contribution in [0.1, 0.15) is 0 Å². The first-order valence-electron chi connectivity index (χ1n) is 2.61. The molecule has 9 heavy (non-hydrogen) atoms. The summed E-state index contributed by atoms with van der Waals surface area (Å²) in [7, 11) is -2.68. The Kier molecular flexibility index (Phi) is 2.03.